The number of hydrogen-bond acceptors (Lipinski definition) is 2. The van der Waals surface area contributed by atoms with Crippen LogP contribution in [0.25, 0.3) is 0 Å². The average molecular weight is 234 g/mol. The molecule has 1 aromatic carbocycles. The van der Waals surface area contributed by atoms with Gasteiger partial charge in [0, 0.05) is 23.0 Å². The Hall–Kier alpha value is -0.760. The van der Waals surface area contributed by atoms with E-state index in [2.05, 4.69) is 32.0 Å². The highest BCUT2D eigenvalue weighted by molar-refractivity contribution is 8.00. The molecule has 2 heteroatoms. The van der Waals surface area contributed by atoms with Crippen LogP contribution in [0.5, 0.6) is 0 Å². The van der Waals surface area contributed by atoms with Crippen molar-refractivity contribution in [1.82, 2.24) is 0 Å². The van der Waals surface area contributed by atoms with Gasteiger partial charge < -0.3 is 0 Å². The van der Waals surface area contributed by atoms with Crippen LogP contribution in [0, 0.1) is 13.8 Å². The van der Waals surface area contributed by atoms with Crippen molar-refractivity contribution in [2.24, 2.45) is 0 Å². The smallest absolute Gasteiger partial charge is 0.134 e. The van der Waals surface area contributed by atoms with E-state index in [0.717, 1.165) is 19.3 Å². The molecule has 0 amide bonds. The molecule has 1 aliphatic carbocycles. The largest absolute Gasteiger partial charge is 0.300 e. The van der Waals surface area contributed by atoms with Crippen molar-refractivity contribution in [2.75, 3.05) is 0 Å². The first-order valence-electron chi connectivity index (χ1n) is 5.91. The number of thioether (sulfide) groups is 1. The molecule has 86 valence electrons. The van der Waals surface area contributed by atoms with E-state index in [-0.39, 0.29) is 0 Å². The molecule has 1 aliphatic rings. The summed E-state index contributed by atoms with van der Waals surface area (Å²) in [5, 5.41) is 0.501. The quantitative estimate of drug-likeness (QED) is 0.772. The second kappa shape index (κ2) is 5.05. The van der Waals surface area contributed by atoms with Gasteiger partial charge in [0.1, 0.15) is 5.78 Å². The molecule has 0 aromatic heterocycles. The molecule has 1 nitrogen and oxygen atoms in total. The van der Waals surface area contributed by atoms with E-state index in [1.807, 2.05) is 11.8 Å². The fourth-order valence-electron chi connectivity index (χ4n) is 2.24. The monoisotopic (exact) mass is 234 g/mol. The maximum Gasteiger partial charge on any atom is 0.134 e. The van der Waals surface area contributed by atoms with Gasteiger partial charge in [-0.15, -0.1) is 11.8 Å². The third kappa shape index (κ3) is 2.67. The Bertz CT molecular complexity index is 377. The highest BCUT2D eigenvalue weighted by Crippen LogP contribution is 2.35. The maximum absolute atomic E-state index is 11.4. The standard InChI is InChI=1S/C14H18OS/c1-10-5-3-6-11(2)14(10)16-13-8-4-7-12(15)9-13/h3,5-6,13H,4,7-9H2,1-2H3/t13-/m0/s1. The molecule has 2 rings (SSSR count). The van der Waals surface area contributed by atoms with Gasteiger partial charge in [0.25, 0.3) is 0 Å². The van der Waals surface area contributed by atoms with E-state index in [1.165, 1.54) is 22.4 Å². The number of Topliss-reactive ketones (excluding diaryl/α,β-unsaturated/α-hetero) is 1. The average Bonchev–Trinajstić information content (AvgIpc) is 2.24. The van der Waals surface area contributed by atoms with Crippen LogP contribution >= 0.6 is 11.8 Å². The third-order valence-corrected chi connectivity index (χ3v) is 4.75. The second-order valence-corrected chi connectivity index (χ2v) is 5.91. The Morgan fingerprint density at radius 2 is 1.94 bits per heavy atom. The summed E-state index contributed by atoms with van der Waals surface area (Å²) < 4.78 is 0. The number of ketones is 1. The van der Waals surface area contributed by atoms with Gasteiger partial charge in [0.15, 0.2) is 0 Å². The van der Waals surface area contributed by atoms with E-state index < -0.39 is 0 Å². The van der Waals surface area contributed by atoms with Crippen molar-refractivity contribution in [3.8, 4) is 0 Å². The van der Waals surface area contributed by atoms with Gasteiger partial charge in [0.2, 0.25) is 0 Å². The molecule has 0 spiro atoms. The topological polar surface area (TPSA) is 17.1 Å². The summed E-state index contributed by atoms with van der Waals surface area (Å²) >= 11 is 1.90. The number of benzene rings is 1. The molecule has 0 unspecified atom stereocenters. The molecule has 0 saturated heterocycles. The molecule has 0 bridgehead atoms. The van der Waals surface area contributed by atoms with E-state index in [0.29, 0.717) is 11.0 Å². The van der Waals surface area contributed by atoms with Crippen molar-refractivity contribution in [1.29, 1.82) is 0 Å². The zero-order chi connectivity index (χ0) is 11.5. The number of carbonyl (C=O) groups excluding carboxylic acids is 1. The third-order valence-electron chi connectivity index (χ3n) is 3.13. The number of carbonyl (C=O) groups is 1. The molecule has 0 heterocycles. The van der Waals surface area contributed by atoms with Gasteiger partial charge in [-0.1, -0.05) is 18.2 Å². The van der Waals surface area contributed by atoms with Crippen LogP contribution in [-0.2, 0) is 4.79 Å². The van der Waals surface area contributed by atoms with E-state index in [1.54, 1.807) is 0 Å². The minimum Gasteiger partial charge on any atom is -0.300 e. The van der Waals surface area contributed by atoms with Crippen molar-refractivity contribution in [3.05, 3.63) is 29.3 Å². The lowest BCUT2D eigenvalue weighted by Crippen LogP contribution is -2.16. The Kier molecular flexibility index (Phi) is 3.70. The molecule has 1 aromatic rings. The summed E-state index contributed by atoms with van der Waals surface area (Å²) in [5.41, 5.74) is 2.67. The summed E-state index contributed by atoms with van der Waals surface area (Å²) in [7, 11) is 0. The van der Waals surface area contributed by atoms with Gasteiger partial charge in [-0.05, 0) is 37.8 Å². The highest BCUT2D eigenvalue weighted by atomic mass is 32.2. The molecule has 0 radical (unpaired) electrons. The van der Waals surface area contributed by atoms with Gasteiger partial charge in [-0.3, -0.25) is 4.79 Å². The molecule has 1 saturated carbocycles. The predicted molar refractivity (Wildman–Crippen MR) is 69.0 cm³/mol. The fraction of sp³-hybridized carbons (Fsp3) is 0.500. The van der Waals surface area contributed by atoms with Crippen molar-refractivity contribution in [3.63, 3.8) is 0 Å². The lowest BCUT2D eigenvalue weighted by Gasteiger charge is -2.22. The fourth-order valence-corrected chi connectivity index (χ4v) is 3.63. The van der Waals surface area contributed by atoms with Gasteiger partial charge in [-0.2, -0.15) is 0 Å². The van der Waals surface area contributed by atoms with Crippen LogP contribution in [0.2, 0.25) is 0 Å². The predicted octanol–water partition coefficient (Wildman–Crippen LogP) is 3.91. The Labute approximate surface area is 102 Å². The first kappa shape index (κ1) is 11.7. The molecule has 0 aliphatic heterocycles. The zero-order valence-electron chi connectivity index (χ0n) is 9.95. The minimum absolute atomic E-state index is 0.440. The first-order chi connectivity index (χ1) is 7.66. The van der Waals surface area contributed by atoms with Crippen LogP contribution < -0.4 is 0 Å². The van der Waals surface area contributed by atoms with E-state index >= 15 is 0 Å². The lowest BCUT2D eigenvalue weighted by molar-refractivity contribution is -0.120. The van der Waals surface area contributed by atoms with Gasteiger partial charge in [0.05, 0.1) is 0 Å². The van der Waals surface area contributed by atoms with Crippen molar-refractivity contribution >= 4 is 17.5 Å². The maximum atomic E-state index is 11.4. The molecule has 0 N–H and O–H groups in total. The van der Waals surface area contributed by atoms with Crippen LogP contribution in [0.15, 0.2) is 23.1 Å². The van der Waals surface area contributed by atoms with Gasteiger partial charge in [-0.25, -0.2) is 0 Å². The molecular formula is C14H18OS. The van der Waals surface area contributed by atoms with Crippen molar-refractivity contribution < 1.29 is 4.79 Å². The SMILES string of the molecule is Cc1cccc(C)c1S[C@H]1CCCC(=O)C1. The molecular weight excluding hydrogens is 216 g/mol. The number of rotatable bonds is 2. The Morgan fingerprint density at radius 3 is 2.56 bits per heavy atom. The summed E-state index contributed by atoms with van der Waals surface area (Å²) in [6, 6.07) is 6.40. The summed E-state index contributed by atoms with van der Waals surface area (Å²) in [6.07, 6.45) is 3.81. The second-order valence-electron chi connectivity index (χ2n) is 4.60. The van der Waals surface area contributed by atoms with E-state index in [4.69, 9.17) is 0 Å². The van der Waals surface area contributed by atoms with Crippen LogP contribution in [0.4, 0.5) is 0 Å². The normalized spacial score (nSPS) is 21.1. The summed E-state index contributed by atoms with van der Waals surface area (Å²) in [5.74, 6) is 0.440. The molecule has 1 fully saturated rings. The Balaban J connectivity index is 2.11. The number of aryl methyl sites for hydroxylation is 2. The number of hydrogen-bond donors (Lipinski definition) is 0. The minimum atomic E-state index is 0.440. The lowest BCUT2D eigenvalue weighted by atomic mass is 9.99. The first-order valence-corrected chi connectivity index (χ1v) is 6.79. The van der Waals surface area contributed by atoms with Gasteiger partial charge >= 0.3 is 0 Å². The molecule has 1 atom stereocenters. The zero-order valence-corrected chi connectivity index (χ0v) is 10.8. The Morgan fingerprint density at radius 1 is 1.25 bits per heavy atom. The summed E-state index contributed by atoms with van der Waals surface area (Å²) in [4.78, 5) is 12.8. The van der Waals surface area contributed by atoms with E-state index in [9.17, 15) is 4.79 Å². The van der Waals surface area contributed by atoms with Crippen LogP contribution in [0.1, 0.15) is 36.8 Å². The van der Waals surface area contributed by atoms with Crippen molar-refractivity contribution in [2.45, 2.75) is 49.7 Å². The highest BCUT2D eigenvalue weighted by Gasteiger charge is 2.21. The molecule has 16 heavy (non-hydrogen) atoms. The van der Waals surface area contributed by atoms with Crippen LogP contribution in [0.3, 0.4) is 0 Å². The van der Waals surface area contributed by atoms with Crippen LogP contribution in [-0.4, -0.2) is 11.0 Å². The summed E-state index contributed by atoms with van der Waals surface area (Å²) in [6.45, 7) is 4.31.